The Morgan fingerprint density at radius 3 is 0.844 bits per heavy atom. The standard InChI is InChI=1S/C55H49N5O4/c1-52(2)48(61)59(49(62)53(52,3)4)43-27-23-35(24-28-43)38-18-13-21-41(32-38)46-56-45(40-20-12-17-37(31-40)34-15-10-9-11-16-34)57-47(58-46)42-22-14-19-39(33-42)36-25-29-44(30-26-36)60-50(63)54(5,6)55(7,8)51(60)64/h9-33H,1-8H3. The number of anilines is 2. The molecule has 64 heavy (non-hydrogen) atoms. The van der Waals surface area contributed by atoms with Gasteiger partial charge >= 0.3 is 0 Å². The van der Waals surface area contributed by atoms with Gasteiger partial charge in [-0.3, -0.25) is 19.2 Å². The van der Waals surface area contributed by atoms with Crippen molar-refractivity contribution < 1.29 is 19.2 Å². The number of hydrogen-bond donors (Lipinski definition) is 0. The van der Waals surface area contributed by atoms with Crippen molar-refractivity contribution in [3.05, 3.63) is 152 Å². The minimum Gasteiger partial charge on any atom is -0.273 e. The highest BCUT2D eigenvalue weighted by Gasteiger charge is 2.60. The summed E-state index contributed by atoms with van der Waals surface area (Å²) in [4.78, 5) is 71.6. The van der Waals surface area contributed by atoms with Gasteiger partial charge in [0.1, 0.15) is 0 Å². The molecule has 0 atom stereocenters. The van der Waals surface area contributed by atoms with Crippen molar-refractivity contribution in [2.75, 3.05) is 9.80 Å². The van der Waals surface area contributed by atoms with Gasteiger partial charge in [0.2, 0.25) is 23.6 Å². The molecule has 0 N–H and O–H groups in total. The van der Waals surface area contributed by atoms with Crippen LogP contribution in [0.5, 0.6) is 0 Å². The summed E-state index contributed by atoms with van der Waals surface area (Å²) < 4.78 is 0. The van der Waals surface area contributed by atoms with E-state index in [1.165, 1.54) is 9.80 Å². The second-order valence-corrected chi connectivity index (χ2v) is 18.9. The molecule has 7 aromatic rings. The number of carbonyl (C=O) groups excluding carboxylic acids is 4. The van der Waals surface area contributed by atoms with Crippen LogP contribution in [0.15, 0.2) is 152 Å². The molecule has 2 saturated heterocycles. The van der Waals surface area contributed by atoms with Gasteiger partial charge in [-0.05, 0) is 131 Å². The number of imide groups is 2. The van der Waals surface area contributed by atoms with Gasteiger partial charge < -0.3 is 0 Å². The van der Waals surface area contributed by atoms with E-state index in [-0.39, 0.29) is 23.6 Å². The molecule has 0 spiro atoms. The summed E-state index contributed by atoms with van der Waals surface area (Å²) in [5, 5.41) is 0. The third-order valence-corrected chi connectivity index (χ3v) is 14.1. The predicted octanol–water partition coefficient (Wildman–Crippen LogP) is 11.7. The van der Waals surface area contributed by atoms with Crippen molar-refractivity contribution in [1.82, 2.24) is 15.0 Å². The van der Waals surface area contributed by atoms with Crippen LogP contribution < -0.4 is 9.80 Å². The normalized spacial score (nSPS) is 17.3. The van der Waals surface area contributed by atoms with Crippen molar-refractivity contribution in [2.45, 2.75) is 55.4 Å². The van der Waals surface area contributed by atoms with Crippen molar-refractivity contribution in [1.29, 1.82) is 0 Å². The lowest BCUT2D eigenvalue weighted by Crippen LogP contribution is -2.35. The molecule has 3 heterocycles. The Bertz CT molecular complexity index is 2810. The van der Waals surface area contributed by atoms with Crippen LogP contribution >= 0.6 is 0 Å². The van der Waals surface area contributed by atoms with E-state index < -0.39 is 21.7 Å². The zero-order valence-electron chi connectivity index (χ0n) is 37.3. The Balaban J connectivity index is 1.08. The quantitative estimate of drug-likeness (QED) is 0.140. The maximum atomic E-state index is 13.4. The van der Waals surface area contributed by atoms with Crippen LogP contribution in [0.4, 0.5) is 11.4 Å². The van der Waals surface area contributed by atoms with Gasteiger partial charge in [0.15, 0.2) is 17.5 Å². The molecule has 4 amide bonds. The first-order valence-electron chi connectivity index (χ1n) is 21.5. The van der Waals surface area contributed by atoms with E-state index in [4.69, 9.17) is 15.0 Å². The summed E-state index contributed by atoms with van der Waals surface area (Å²) in [6.07, 6.45) is 0. The molecule has 2 aliphatic heterocycles. The molecule has 2 aliphatic rings. The minimum atomic E-state index is -0.830. The monoisotopic (exact) mass is 843 g/mol. The summed E-state index contributed by atoms with van der Waals surface area (Å²) in [7, 11) is 0. The number of rotatable bonds is 8. The van der Waals surface area contributed by atoms with E-state index in [0.29, 0.717) is 28.8 Å². The van der Waals surface area contributed by atoms with Gasteiger partial charge in [-0.25, -0.2) is 24.8 Å². The van der Waals surface area contributed by atoms with Crippen LogP contribution in [0.2, 0.25) is 0 Å². The summed E-state index contributed by atoms with van der Waals surface area (Å²) in [6.45, 7) is 14.6. The fourth-order valence-electron chi connectivity index (χ4n) is 8.35. The number of aromatic nitrogens is 3. The molecule has 9 rings (SSSR count). The molecule has 318 valence electrons. The fraction of sp³-hybridized carbons (Fsp3) is 0.218. The number of hydrogen-bond acceptors (Lipinski definition) is 7. The van der Waals surface area contributed by atoms with E-state index in [0.717, 1.165) is 50.1 Å². The number of benzene rings is 6. The lowest BCUT2D eigenvalue weighted by Gasteiger charge is -2.28. The molecule has 9 nitrogen and oxygen atoms in total. The smallest absolute Gasteiger partial charge is 0.240 e. The van der Waals surface area contributed by atoms with Crippen molar-refractivity contribution in [3.8, 4) is 67.5 Å². The summed E-state index contributed by atoms with van der Waals surface area (Å²) >= 11 is 0. The molecule has 2 fully saturated rings. The van der Waals surface area contributed by atoms with Gasteiger partial charge in [-0.2, -0.15) is 0 Å². The molecule has 0 unspecified atom stereocenters. The molecule has 0 aliphatic carbocycles. The summed E-state index contributed by atoms with van der Waals surface area (Å²) in [5.41, 5.74) is 5.89. The van der Waals surface area contributed by atoms with E-state index >= 15 is 0 Å². The van der Waals surface area contributed by atoms with E-state index in [9.17, 15) is 19.2 Å². The number of carbonyl (C=O) groups is 4. The zero-order chi connectivity index (χ0) is 45.3. The Labute approximate surface area is 373 Å². The predicted molar refractivity (Wildman–Crippen MR) is 253 cm³/mol. The topological polar surface area (TPSA) is 113 Å². The highest BCUT2D eigenvalue weighted by Crippen LogP contribution is 2.50. The Kier molecular flexibility index (Phi) is 9.93. The highest BCUT2D eigenvalue weighted by atomic mass is 16.2. The first kappa shape index (κ1) is 41.9. The minimum absolute atomic E-state index is 0.210. The maximum Gasteiger partial charge on any atom is 0.240 e. The van der Waals surface area contributed by atoms with Crippen LogP contribution in [-0.4, -0.2) is 38.6 Å². The first-order chi connectivity index (χ1) is 30.4. The fourth-order valence-corrected chi connectivity index (χ4v) is 8.35. The molecule has 0 bridgehead atoms. The number of amides is 4. The van der Waals surface area contributed by atoms with Crippen molar-refractivity contribution in [2.24, 2.45) is 21.7 Å². The Morgan fingerprint density at radius 2 is 0.547 bits per heavy atom. The average molecular weight is 844 g/mol. The first-order valence-corrected chi connectivity index (χ1v) is 21.5. The lowest BCUT2D eigenvalue weighted by molar-refractivity contribution is -0.129. The average Bonchev–Trinajstić information content (AvgIpc) is 3.51. The van der Waals surface area contributed by atoms with Crippen LogP contribution in [0.1, 0.15) is 55.4 Å². The number of nitrogens with zero attached hydrogens (tertiary/aromatic N) is 5. The summed E-state index contributed by atoms with van der Waals surface area (Å²) in [5.74, 6) is 0.647. The maximum absolute atomic E-state index is 13.4. The molecule has 9 heteroatoms. The van der Waals surface area contributed by atoms with Gasteiger partial charge in [-0.1, -0.05) is 109 Å². The molecule has 0 saturated carbocycles. The largest absolute Gasteiger partial charge is 0.273 e. The second-order valence-electron chi connectivity index (χ2n) is 18.9. The van der Waals surface area contributed by atoms with E-state index in [2.05, 4.69) is 24.3 Å². The summed E-state index contributed by atoms with van der Waals surface area (Å²) in [6, 6.07) is 49.3. The third-order valence-electron chi connectivity index (χ3n) is 14.1. The molecule has 1 aromatic heterocycles. The highest BCUT2D eigenvalue weighted by molar-refractivity contribution is 6.25. The zero-order valence-corrected chi connectivity index (χ0v) is 37.3. The molecular formula is C55H49N5O4. The van der Waals surface area contributed by atoms with Crippen LogP contribution in [-0.2, 0) is 19.2 Å². The van der Waals surface area contributed by atoms with Crippen LogP contribution in [0.3, 0.4) is 0 Å². The Morgan fingerprint density at radius 1 is 0.297 bits per heavy atom. The third kappa shape index (κ3) is 6.74. The molecule has 0 radical (unpaired) electrons. The van der Waals surface area contributed by atoms with Crippen molar-refractivity contribution in [3.63, 3.8) is 0 Å². The van der Waals surface area contributed by atoms with E-state index in [1.807, 2.05) is 183 Å². The van der Waals surface area contributed by atoms with Gasteiger partial charge in [0.05, 0.1) is 33.0 Å². The van der Waals surface area contributed by atoms with Gasteiger partial charge in [-0.15, -0.1) is 0 Å². The molecular weight excluding hydrogens is 795 g/mol. The van der Waals surface area contributed by atoms with Crippen LogP contribution in [0, 0.1) is 21.7 Å². The van der Waals surface area contributed by atoms with Gasteiger partial charge in [0, 0.05) is 16.7 Å². The van der Waals surface area contributed by atoms with Crippen LogP contribution in [0.25, 0.3) is 67.5 Å². The van der Waals surface area contributed by atoms with Crippen molar-refractivity contribution >= 4 is 35.0 Å². The Hall–Kier alpha value is -7.39. The van der Waals surface area contributed by atoms with E-state index in [1.54, 1.807) is 0 Å². The lowest BCUT2D eigenvalue weighted by atomic mass is 9.70. The van der Waals surface area contributed by atoms with Gasteiger partial charge in [0.25, 0.3) is 0 Å². The second kappa shape index (κ2) is 15.2. The molecule has 6 aromatic carbocycles. The SMILES string of the molecule is CC1(C)C(=O)N(c2ccc(-c3cccc(-c4nc(-c5cccc(-c6ccccc6)c5)nc(-c5cccc(-c6ccc(N7C(=O)C(C)(C)C(C)(C)C7=O)cc6)c5)n4)c3)cc2)C(=O)C1(C)C.